The Morgan fingerprint density at radius 3 is 2.85 bits per heavy atom. The number of H-pyrrole nitrogens is 1. The van der Waals surface area contributed by atoms with Crippen LogP contribution in [-0.2, 0) is 6.42 Å². The molecule has 0 saturated heterocycles. The van der Waals surface area contributed by atoms with E-state index in [1.807, 2.05) is 37.3 Å². The molecule has 0 radical (unpaired) electrons. The van der Waals surface area contributed by atoms with E-state index in [1.54, 1.807) is 0 Å². The summed E-state index contributed by atoms with van der Waals surface area (Å²) in [4.78, 5) is 7.91. The summed E-state index contributed by atoms with van der Waals surface area (Å²) in [7, 11) is 0. The number of fused-ring (bicyclic) bond motifs is 1. The monoisotopic (exact) mass is 282 g/mol. The maximum Gasteiger partial charge on any atom is 0.0643 e. The molecule has 0 bridgehead atoms. The molecule has 0 saturated carbocycles. The Balaban J connectivity index is 1.87. The van der Waals surface area contributed by atoms with Crippen molar-refractivity contribution in [3.05, 3.63) is 65.3 Å². The Bertz CT molecular complexity index is 771. The van der Waals surface area contributed by atoms with Gasteiger partial charge < -0.3 is 4.98 Å². The van der Waals surface area contributed by atoms with Crippen LogP contribution in [0.3, 0.4) is 0 Å². The molecule has 1 aromatic heterocycles. The third kappa shape index (κ3) is 2.75. The van der Waals surface area contributed by atoms with Gasteiger partial charge in [0.25, 0.3) is 0 Å². The van der Waals surface area contributed by atoms with Gasteiger partial charge in [0.2, 0.25) is 0 Å². The second-order valence-corrected chi connectivity index (χ2v) is 5.30. The molecule has 3 rings (SSSR count). The molecular weight excluding hydrogens is 268 g/mol. The third-order valence-corrected chi connectivity index (χ3v) is 3.48. The van der Waals surface area contributed by atoms with Crippen molar-refractivity contribution in [2.24, 2.45) is 4.99 Å². The number of nitrogens with one attached hydrogen (secondary N) is 1. The highest BCUT2D eigenvalue weighted by Crippen LogP contribution is 2.21. The van der Waals surface area contributed by atoms with Crippen LogP contribution in [0.2, 0.25) is 5.02 Å². The predicted molar refractivity (Wildman–Crippen MR) is 86.2 cm³/mol. The lowest BCUT2D eigenvalue weighted by molar-refractivity contribution is 1.30. The Morgan fingerprint density at radius 2 is 2.00 bits per heavy atom. The Hall–Kier alpha value is -2.06. The van der Waals surface area contributed by atoms with Crippen molar-refractivity contribution in [2.75, 3.05) is 0 Å². The smallest absolute Gasteiger partial charge is 0.0643 e. The zero-order valence-corrected chi connectivity index (χ0v) is 12.0. The number of para-hydroxylation sites is 1. The summed E-state index contributed by atoms with van der Waals surface area (Å²) in [5, 5.41) is 1.97. The maximum atomic E-state index is 5.97. The van der Waals surface area contributed by atoms with Crippen molar-refractivity contribution in [1.82, 2.24) is 4.98 Å². The van der Waals surface area contributed by atoms with Gasteiger partial charge in [-0.25, -0.2) is 0 Å². The van der Waals surface area contributed by atoms with Crippen LogP contribution in [0.4, 0.5) is 5.69 Å². The van der Waals surface area contributed by atoms with Gasteiger partial charge in [-0.05, 0) is 36.8 Å². The van der Waals surface area contributed by atoms with E-state index in [9.17, 15) is 0 Å². The van der Waals surface area contributed by atoms with Crippen LogP contribution in [0, 0.1) is 0 Å². The largest absolute Gasteiger partial charge is 0.361 e. The first-order chi connectivity index (χ1) is 9.72. The van der Waals surface area contributed by atoms with Gasteiger partial charge >= 0.3 is 0 Å². The van der Waals surface area contributed by atoms with Gasteiger partial charge in [-0.15, -0.1) is 0 Å². The molecule has 2 aromatic carbocycles. The molecule has 0 fully saturated rings. The van der Waals surface area contributed by atoms with Crippen LogP contribution in [0.5, 0.6) is 0 Å². The summed E-state index contributed by atoms with van der Waals surface area (Å²) in [6, 6.07) is 15.9. The summed E-state index contributed by atoms with van der Waals surface area (Å²) >= 11 is 5.97. The number of hydrogen-bond donors (Lipinski definition) is 1. The Labute approximate surface area is 123 Å². The average Bonchev–Trinajstić information content (AvgIpc) is 2.82. The van der Waals surface area contributed by atoms with Crippen molar-refractivity contribution in [2.45, 2.75) is 13.3 Å². The summed E-state index contributed by atoms with van der Waals surface area (Å²) in [5.41, 5.74) is 4.40. The van der Waals surface area contributed by atoms with Gasteiger partial charge in [-0.3, -0.25) is 4.99 Å². The number of aromatic amines is 1. The topological polar surface area (TPSA) is 28.1 Å². The molecule has 2 nitrogen and oxygen atoms in total. The van der Waals surface area contributed by atoms with Gasteiger partial charge in [-0.1, -0.05) is 35.9 Å². The maximum absolute atomic E-state index is 5.97. The number of benzene rings is 2. The lowest BCUT2D eigenvalue weighted by Crippen LogP contribution is -1.96. The summed E-state index contributed by atoms with van der Waals surface area (Å²) in [5.74, 6) is 0. The summed E-state index contributed by atoms with van der Waals surface area (Å²) in [6.45, 7) is 2.04. The lowest BCUT2D eigenvalue weighted by Gasteiger charge is -2.01. The molecular formula is C17H15ClN2. The van der Waals surface area contributed by atoms with Crippen molar-refractivity contribution < 1.29 is 0 Å². The minimum Gasteiger partial charge on any atom is -0.361 e. The first kappa shape index (κ1) is 12.9. The van der Waals surface area contributed by atoms with Crippen molar-refractivity contribution in [1.29, 1.82) is 0 Å². The van der Waals surface area contributed by atoms with Crippen molar-refractivity contribution >= 4 is 33.9 Å². The van der Waals surface area contributed by atoms with Gasteiger partial charge in [0.05, 0.1) is 5.69 Å². The second kappa shape index (κ2) is 5.51. The van der Waals surface area contributed by atoms with E-state index in [0.29, 0.717) is 5.02 Å². The molecule has 0 aliphatic heterocycles. The van der Waals surface area contributed by atoms with Gasteiger partial charge in [0, 0.05) is 34.3 Å². The molecule has 1 heterocycles. The standard InChI is InChI=1S/C17H15ClN2/c1-12(20-15-6-4-5-14(18)10-15)9-13-11-19-17-8-3-2-7-16(13)17/h2-8,10-11,19H,9H2,1H3. The van der Waals surface area contributed by atoms with Crippen LogP contribution >= 0.6 is 11.6 Å². The van der Waals surface area contributed by atoms with Crippen molar-refractivity contribution in [3.8, 4) is 0 Å². The molecule has 3 aromatic rings. The number of aliphatic imine (C=N–C) groups is 1. The number of halogens is 1. The molecule has 0 atom stereocenters. The quantitative estimate of drug-likeness (QED) is 0.643. The highest BCUT2D eigenvalue weighted by Gasteiger charge is 2.04. The average molecular weight is 283 g/mol. The highest BCUT2D eigenvalue weighted by molar-refractivity contribution is 6.30. The van der Waals surface area contributed by atoms with Crippen LogP contribution in [0.15, 0.2) is 59.7 Å². The molecule has 0 unspecified atom stereocenters. The van der Waals surface area contributed by atoms with Crippen molar-refractivity contribution in [3.63, 3.8) is 0 Å². The molecule has 0 amide bonds. The fraction of sp³-hybridized carbons (Fsp3) is 0.118. The minimum atomic E-state index is 0.714. The van der Waals surface area contributed by atoms with E-state index in [1.165, 1.54) is 10.9 Å². The molecule has 1 N–H and O–H groups in total. The first-order valence-electron chi connectivity index (χ1n) is 6.57. The zero-order valence-electron chi connectivity index (χ0n) is 11.2. The molecule has 100 valence electrons. The minimum absolute atomic E-state index is 0.714. The first-order valence-corrected chi connectivity index (χ1v) is 6.95. The van der Waals surface area contributed by atoms with E-state index in [-0.39, 0.29) is 0 Å². The number of hydrogen-bond acceptors (Lipinski definition) is 1. The van der Waals surface area contributed by atoms with E-state index in [4.69, 9.17) is 11.6 Å². The zero-order chi connectivity index (χ0) is 13.9. The van der Waals surface area contributed by atoms with Crippen LogP contribution in [0.25, 0.3) is 10.9 Å². The number of rotatable bonds is 3. The normalized spacial score (nSPS) is 12.0. The molecule has 0 aliphatic carbocycles. The van der Waals surface area contributed by atoms with E-state index >= 15 is 0 Å². The SMILES string of the molecule is CC(Cc1c[nH]c2ccccc12)=Nc1cccc(Cl)c1. The molecule has 20 heavy (non-hydrogen) atoms. The number of aromatic nitrogens is 1. The van der Waals surface area contributed by atoms with E-state index in [2.05, 4.69) is 34.4 Å². The highest BCUT2D eigenvalue weighted by atomic mass is 35.5. The second-order valence-electron chi connectivity index (χ2n) is 4.86. The van der Waals surface area contributed by atoms with Crippen LogP contribution in [0.1, 0.15) is 12.5 Å². The molecule has 0 spiro atoms. The third-order valence-electron chi connectivity index (χ3n) is 3.25. The van der Waals surface area contributed by atoms with E-state index in [0.717, 1.165) is 23.3 Å². The Morgan fingerprint density at radius 1 is 1.15 bits per heavy atom. The fourth-order valence-corrected chi connectivity index (χ4v) is 2.54. The van der Waals surface area contributed by atoms with Gasteiger partial charge in [-0.2, -0.15) is 0 Å². The van der Waals surface area contributed by atoms with Gasteiger partial charge in [0.15, 0.2) is 0 Å². The predicted octanol–water partition coefficient (Wildman–Crippen LogP) is 5.16. The molecule has 3 heteroatoms. The van der Waals surface area contributed by atoms with Crippen LogP contribution < -0.4 is 0 Å². The molecule has 0 aliphatic rings. The number of nitrogens with zero attached hydrogens (tertiary/aromatic N) is 1. The van der Waals surface area contributed by atoms with Crippen LogP contribution in [-0.4, -0.2) is 10.7 Å². The fourth-order valence-electron chi connectivity index (χ4n) is 2.36. The summed E-state index contributed by atoms with van der Waals surface area (Å²) in [6.07, 6.45) is 2.89. The summed E-state index contributed by atoms with van der Waals surface area (Å²) < 4.78 is 0. The van der Waals surface area contributed by atoms with E-state index < -0.39 is 0 Å². The van der Waals surface area contributed by atoms with Gasteiger partial charge in [0.1, 0.15) is 0 Å². The Kier molecular flexibility index (Phi) is 3.57. The lowest BCUT2D eigenvalue weighted by atomic mass is 10.1.